The van der Waals surface area contributed by atoms with Gasteiger partial charge >= 0.3 is 0 Å². The molecule has 0 aliphatic heterocycles. The van der Waals surface area contributed by atoms with E-state index in [1.807, 2.05) is 0 Å². The van der Waals surface area contributed by atoms with E-state index < -0.39 is 42.7 Å². The molecule has 0 saturated heterocycles. The molecule has 0 spiro atoms. The van der Waals surface area contributed by atoms with Crippen molar-refractivity contribution in [1.29, 1.82) is 0 Å². The molecule has 0 heterocycles. The Bertz CT molecular complexity index is 246. The van der Waals surface area contributed by atoms with Crippen molar-refractivity contribution in [3.63, 3.8) is 0 Å². The van der Waals surface area contributed by atoms with Crippen LogP contribution >= 0.6 is 0 Å². The summed E-state index contributed by atoms with van der Waals surface area (Å²) >= 11 is 0. The monoisotopic (exact) mass is 193 g/mol. The van der Waals surface area contributed by atoms with Crippen molar-refractivity contribution in [1.82, 2.24) is 0 Å². The molecule has 0 aromatic heterocycles. The molecule has 76 valence electrons. The highest BCUT2D eigenvalue weighted by atomic mass is 16.4. The van der Waals surface area contributed by atoms with Crippen molar-refractivity contribution in [2.75, 3.05) is 6.61 Å². The van der Waals surface area contributed by atoms with Gasteiger partial charge in [0.15, 0.2) is 5.78 Å². The van der Waals surface area contributed by atoms with Crippen molar-refractivity contribution in [2.24, 2.45) is 0 Å². The van der Waals surface area contributed by atoms with Gasteiger partial charge in [0.1, 0.15) is 23.9 Å². The highest BCUT2D eigenvalue weighted by molar-refractivity contribution is 5.85. The fourth-order valence-corrected chi connectivity index (χ4v) is 1.19. The average molecular weight is 193 g/mol. The van der Waals surface area contributed by atoms with E-state index in [0.29, 0.717) is 0 Å². The van der Waals surface area contributed by atoms with E-state index in [2.05, 4.69) is 0 Å². The van der Waals surface area contributed by atoms with Gasteiger partial charge in [-0.2, -0.15) is 0 Å². The lowest BCUT2D eigenvalue weighted by molar-refractivity contribution is -0.198. The molecule has 0 unspecified atom stereocenters. The summed E-state index contributed by atoms with van der Waals surface area (Å²) in [6.45, 7) is -1.04. The molecular formula is C7H12O6. The van der Waals surface area contributed by atoms with Crippen LogP contribution < -0.4 is 0 Å². The minimum absolute atomic E-state index is 1.04. The predicted molar refractivity (Wildman–Crippen MR) is 39.7 cm³/mol. The fourth-order valence-electron chi connectivity index (χ4n) is 1.19. The zero-order valence-corrected chi connectivity index (χ0v) is 6.66. The average Bonchev–Trinajstić information content (AvgIpc) is 2.21. The molecular weight excluding hydrogens is 180 g/mol. The lowest BCUT2D eigenvalue weighted by Crippen LogP contribution is -2.62. The third-order valence-electron chi connectivity index (χ3n) is 2.10. The molecule has 1 saturated carbocycles. The molecule has 0 aromatic rings. The first-order valence-corrected chi connectivity index (χ1v) is 3.69. The Balaban J connectivity index is 3.04. The maximum atomic E-state index is 11.1. The molecule has 1 aliphatic rings. The van der Waals surface area contributed by atoms with E-state index in [-0.39, 0.29) is 0 Å². The summed E-state index contributed by atoms with van der Waals surface area (Å²) in [6.07, 6.45) is -7.59. The van der Waals surface area contributed by atoms with Crippen LogP contribution in [-0.2, 0) is 4.79 Å². The Morgan fingerprint density at radius 2 is 2.08 bits per heavy atom. The van der Waals surface area contributed by atoms with Crippen molar-refractivity contribution in [3.8, 4) is 0 Å². The van der Waals surface area contributed by atoms with Crippen LogP contribution in [0.5, 0.6) is 0 Å². The number of ketones is 1. The molecule has 6 nitrogen and oxygen atoms in total. The Hall–Kier alpha value is -0.530. The van der Waals surface area contributed by atoms with Gasteiger partial charge in [0.2, 0.25) is 0 Å². The Kier molecular flexibility index (Phi) is 2.31. The van der Waals surface area contributed by atoms with Crippen molar-refractivity contribution in [2.45, 2.75) is 30.3 Å². The van der Waals surface area contributed by atoms with Crippen LogP contribution in [0, 0.1) is 0 Å². The topological polar surface area (TPSA) is 118 Å². The second-order valence-electron chi connectivity index (χ2n) is 3.08. The van der Waals surface area contributed by atoms with E-state index in [1.54, 1.807) is 0 Å². The second-order valence-corrected chi connectivity index (χ2v) is 3.08. The number of carbonyl (C=O) groups excluding carboxylic acids is 1. The number of carbonyl (C=O) groups is 1. The van der Waals surface area contributed by atoms with Gasteiger partial charge in [-0.15, -0.1) is 0 Å². The summed E-state index contributed by atoms with van der Waals surface area (Å²) in [5, 5.41) is 45.7. The highest BCUT2D eigenvalue weighted by Gasteiger charge is 2.50. The summed E-state index contributed by atoms with van der Waals surface area (Å²) in [6, 6.07) is 0. The number of hydrogen-bond donors (Lipinski definition) is 5. The van der Waals surface area contributed by atoms with Gasteiger partial charge in [-0.25, -0.2) is 0 Å². The first-order chi connectivity index (χ1) is 6.36. The quantitative estimate of drug-likeness (QED) is 0.299. The normalized spacial score (nSPS) is 53.3. The first kappa shape index (κ1) is 9.04. The van der Waals surface area contributed by atoms with E-state index in [0.717, 1.165) is 0 Å². The van der Waals surface area contributed by atoms with E-state index in [4.69, 9.17) is 16.7 Å². The Labute approximate surface area is 75.5 Å². The molecule has 13 heavy (non-hydrogen) atoms. The van der Waals surface area contributed by atoms with Crippen LogP contribution in [0.1, 0.15) is 7.77 Å². The van der Waals surface area contributed by atoms with Crippen LogP contribution in [0.3, 0.4) is 0 Å². The summed E-state index contributed by atoms with van der Waals surface area (Å²) in [5.41, 5.74) is -2.42. The van der Waals surface area contributed by atoms with Crippen molar-refractivity contribution in [3.05, 3.63) is 0 Å². The molecule has 6 heteroatoms. The molecule has 0 aromatic carbocycles. The van der Waals surface area contributed by atoms with Gasteiger partial charge < -0.3 is 25.5 Å². The standard InChI is InChI=1S/C7H12O6/c8-2-7(13)1-3(9)4(10)5(11)6(7)12/h4-6,8,10-13H,1-2H2/t4-,5+,6-,7+/m0/s1/i1D/t1-,4-,5+,6-,7+. The number of Topliss-reactive ketones (excluding diaryl/α,β-unsaturated/α-hetero) is 1. The lowest BCUT2D eigenvalue weighted by Gasteiger charge is -2.39. The molecule has 1 rings (SSSR count). The summed E-state index contributed by atoms with van der Waals surface area (Å²) < 4.78 is 7.19. The summed E-state index contributed by atoms with van der Waals surface area (Å²) in [4.78, 5) is 11.1. The molecule has 5 N–H and O–H groups in total. The number of rotatable bonds is 1. The molecule has 0 radical (unpaired) electrons. The number of hydrogen-bond acceptors (Lipinski definition) is 6. The Morgan fingerprint density at radius 1 is 1.54 bits per heavy atom. The molecule has 5 atom stereocenters. The van der Waals surface area contributed by atoms with Gasteiger partial charge in [-0.3, -0.25) is 4.79 Å². The zero-order chi connectivity index (χ0) is 11.1. The van der Waals surface area contributed by atoms with Gasteiger partial charge in [0.05, 0.1) is 6.61 Å². The van der Waals surface area contributed by atoms with Crippen molar-refractivity contribution >= 4 is 5.78 Å². The predicted octanol–water partition coefficient (Wildman–Crippen LogP) is -3.23. The Morgan fingerprint density at radius 3 is 2.54 bits per heavy atom. The van der Waals surface area contributed by atoms with E-state index in [1.165, 1.54) is 0 Å². The smallest absolute Gasteiger partial charge is 0.167 e. The molecule has 1 aliphatic carbocycles. The van der Waals surface area contributed by atoms with E-state index >= 15 is 0 Å². The van der Waals surface area contributed by atoms with E-state index in [9.17, 15) is 15.0 Å². The summed E-state index contributed by atoms with van der Waals surface area (Å²) in [5.74, 6) is -1.13. The molecule has 0 amide bonds. The maximum Gasteiger partial charge on any atom is 0.167 e. The fraction of sp³-hybridized carbons (Fsp3) is 0.857. The molecule has 0 bridgehead atoms. The lowest BCUT2D eigenvalue weighted by atomic mass is 9.78. The maximum absolute atomic E-state index is 11.1. The van der Waals surface area contributed by atoms with Crippen LogP contribution in [0.15, 0.2) is 0 Å². The van der Waals surface area contributed by atoms with Gasteiger partial charge in [-0.05, 0) is 0 Å². The van der Waals surface area contributed by atoms with Crippen molar-refractivity contribution < 1.29 is 31.7 Å². The van der Waals surface area contributed by atoms with Crippen LogP contribution in [0.2, 0.25) is 0 Å². The van der Waals surface area contributed by atoms with Gasteiger partial charge in [-0.1, -0.05) is 0 Å². The van der Waals surface area contributed by atoms with Crippen LogP contribution in [-0.4, -0.2) is 61.8 Å². The minimum atomic E-state index is -2.42. The van der Waals surface area contributed by atoms with Gasteiger partial charge in [0.25, 0.3) is 0 Å². The third kappa shape index (κ3) is 1.59. The summed E-state index contributed by atoms with van der Waals surface area (Å²) in [7, 11) is 0. The minimum Gasteiger partial charge on any atom is -0.393 e. The van der Waals surface area contributed by atoms with Crippen LogP contribution in [0.4, 0.5) is 0 Å². The number of aliphatic hydroxyl groups excluding tert-OH is 4. The van der Waals surface area contributed by atoms with Gasteiger partial charge in [0, 0.05) is 7.77 Å². The largest absolute Gasteiger partial charge is 0.393 e. The SMILES string of the molecule is [2H][C@H]1C(=O)[C@H](O)[C@@H](O)[C@H](O)[C@]1(O)CO. The second kappa shape index (κ2) is 3.32. The molecule has 1 fully saturated rings. The zero-order valence-electron chi connectivity index (χ0n) is 7.66. The number of aliphatic hydroxyl groups is 5. The first-order valence-electron chi connectivity index (χ1n) is 4.27. The third-order valence-corrected chi connectivity index (χ3v) is 2.10. The highest BCUT2D eigenvalue weighted by Crippen LogP contribution is 2.26. The van der Waals surface area contributed by atoms with Crippen LogP contribution in [0.25, 0.3) is 0 Å².